The molecule has 0 amide bonds. The molecule has 0 atom stereocenters. The highest BCUT2D eigenvalue weighted by atomic mass is 32.2. The zero-order chi connectivity index (χ0) is 41.4. The Bertz CT molecular complexity index is 1980. The molecule has 0 heterocycles. The first-order valence-corrected chi connectivity index (χ1v) is 18.8. The van der Waals surface area contributed by atoms with Crippen molar-refractivity contribution in [2.24, 2.45) is 0 Å². The fourth-order valence-corrected chi connectivity index (χ4v) is 7.37. The van der Waals surface area contributed by atoms with Crippen molar-refractivity contribution in [3.63, 3.8) is 0 Å². The smallest absolute Gasteiger partial charge is 0.417 e. The molecule has 0 aliphatic rings. The van der Waals surface area contributed by atoms with Gasteiger partial charge in [-0.25, -0.2) is 18.0 Å². The normalized spacial score (nSPS) is 12.3. The second-order valence-electron chi connectivity index (χ2n) is 13.5. The highest BCUT2D eigenvalue weighted by Gasteiger charge is 2.39. The Labute approximate surface area is 317 Å². The van der Waals surface area contributed by atoms with E-state index in [1.165, 1.54) is 0 Å². The van der Waals surface area contributed by atoms with Crippen LogP contribution < -0.4 is 9.47 Å². The van der Waals surface area contributed by atoms with Crippen molar-refractivity contribution < 1.29 is 67.8 Å². The molecule has 0 N–H and O–H groups in total. The average molecular weight is 817 g/mol. The molecule has 0 saturated carbocycles. The lowest BCUT2D eigenvalue weighted by atomic mass is 10.1. The number of alkyl halides is 6. The van der Waals surface area contributed by atoms with E-state index in [9.17, 15) is 48.9 Å². The van der Waals surface area contributed by atoms with Crippen molar-refractivity contribution in [1.29, 1.82) is 0 Å². The van der Waals surface area contributed by atoms with Gasteiger partial charge in [0.05, 0.1) is 16.0 Å². The molecule has 298 valence electrons. The van der Waals surface area contributed by atoms with E-state index in [1.54, 1.807) is 32.9 Å². The van der Waals surface area contributed by atoms with Crippen LogP contribution in [0.3, 0.4) is 0 Å². The molecule has 0 aromatic heterocycles. The van der Waals surface area contributed by atoms with E-state index in [0.29, 0.717) is 11.5 Å². The van der Waals surface area contributed by atoms with Gasteiger partial charge in [-0.3, -0.25) is 0 Å². The summed E-state index contributed by atoms with van der Waals surface area (Å²) in [5.74, 6) is -0.0407. The SMILES string of the molecule is CC(C)(C)OC(=O)COc1ccc([S+](c2ccccc2)c2ccccc2)c(OCC(=O)OC(C)(C)C)c1.O=S(=O)([O-])c1ccc(C(F)(F)F)cc1C(F)(F)F. The van der Waals surface area contributed by atoms with Gasteiger partial charge in [-0.2, -0.15) is 26.3 Å². The lowest BCUT2D eigenvalue weighted by Crippen LogP contribution is -2.27. The minimum atomic E-state index is -5.52. The molecule has 0 aliphatic carbocycles. The van der Waals surface area contributed by atoms with Gasteiger partial charge in [-0.15, -0.1) is 0 Å². The number of benzene rings is 4. The number of carbonyl (C=O) groups excluding carboxylic acids is 2. The predicted molar refractivity (Wildman–Crippen MR) is 189 cm³/mol. The van der Waals surface area contributed by atoms with E-state index in [2.05, 4.69) is 24.3 Å². The monoisotopic (exact) mass is 816 g/mol. The Hall–Kier alpha value is -4.74. The number of esters is 2. The van der Waals surface area contributed by atoms with Crippen molar-refractivity contribution in [3.8, 4) is 11.5 Å². The average Bonchev–Trinajstić information content (AvgIpc) is 3.05. The van der Waals surface area contributed by atoms with Crippen LogP contribution in [0, 0.1) is 0 Å². The first-order chi connectivity index (χ1) is 25.2. The summed E-state index contributed by atoms with van der Waals surface area (Å²) in [7, 11) is -6.03. The number of carbonyl (C=O) groups is 2. The minimum Gasteiger partial charge on any atom is -0.744 e. The Morgan fingerprint density at radius 2 is 1.11 bits per heavy atom. The Morgan fingerprint density at radius 1 is 0.636 bits per heavy atom. The Balaban J connectivity index is 0.000000378. The zero-order valence-electron chi connectivity index (χ0n) is 30.4. The Morgan fingerprint density at radius 3 is 1.53 bits per heavy atom. The van der Waals surface area contributed by atoms with Crippen LogP contribution in [0.5, 0.6) is 11.5 Å². The van der Waals surface area contributed by atoms with Gasteiger partial charge in [0.2, 0.25) is 4.90 Å². The molecule has 0 fully saturated rings. The van der Waals surface area contributed by atoms with E-state index < -0.39 is 78.6 Å². The second kappa shape index (κ2) is 17.8. The van der Waals surface area contributed by atoms with Gasteiger partial charge in [0.25, 0.3) is 0 Å². The summed E-state index contributed by atoms with van der Waals surface area (Å²) in [5, 5.41) is 0. The predicted octanol–water partition coefficient (Wildman–Crippen LogP) is 8.85. The maximum atomic E-state index is 12.4. The van der Waals surface area contributed by atoms with Gasteiger partial charge < -0.3 is 23.5 Å². The summed E-state index contributed by atoms with van der Waals surface area (Å²) in [5.41, 5.74) is -5.05. The standard InChI is InChI=1S/C30H35O6S.C8H4F6O3S/c1-29(2,3)35-27(31)20-33-22-17-18-26(25(19-22)34-21-28(32)36-30(4,5)6)37(23-13-9-7-10-14-23)24-15-11-8-12-16-24;9-7(10,11)4-1-2-6(18(15,16)17)5(3-4)8(12,13)14/h7-19H,20-21H2,1-6H3;1-3H,(H,15,16,17)/q+1;/p-1. The molecule has 4 aromatic rings. The molecule has 0 radical (unpaired) electrons. The summed E-state index contributed by atoms with van der Waals surface area (Å²) in [6.45, 7) is 10.3. The third kappa shape index (κ3) is 14.4. The Kier molecular flexibility index (Phi) is 14.5. The van der Waals surface area contributed by atoms with E-state index in [0.717, 1.165) is 14.7 Å². The summed E-state index contributed by atoms with van der Waals surface area (Å²) in [6, 6.07) is 25.3. The van der Waals surface area contributed by atoms with Crippen LogP contribution in [-0.4, -0.2) is 49.3 Å². The molecule has 0 spiro atoms. The molecular formula is C38H38F6O9S2. The van der Waals surface area contributed by atoms with Crippen molar-refractivity contribution >= 4 is 33.0 Å². The first-order valence-electron chi connectivity index (χ1n) is 16.2. The second-order valence-corrected chi connectivity index (χ2v) is 16.8. The maximum absolute atomic E-state index is 12.4. The summed E-state index contributed by atoms with van der Waals surface area (Å²) < 4.78 is 128. The minimum absolute atomic E-state index is 0.00597. The number of ether oxygens (including phenoxy) is 4. The lowest BCUT2D eigenvalue weighted by Gasteiger charge is -2.20. The summed E-state index contributed by atoms with van der Waals surface area (Å²) in [6.07, 6.45) is -10.5. The topological polar surface area (TPSA) is 128 Å². The summed E-state index contributed by atoms with van der Waals surface area (Å²) >= 11 is 0. The quantitative estimate of drug-likeness (QED) is 0.0668. The fourth-order valence-electron chi connectivity index (χ4n) is 4.53. The first kappa shape index (κ1) is 44.7. The van der Waals surface area contributed by atoms with Crippen LogP contribution in [-0.2, 0) is 52.4 Å². The van der Waals surface area contributed by atoms with Gasteiger partial charge in [0.15, 0.2) is 28.8 Å². The number of halogens is 6. The summed E-state index contributed by atoms with van der Waals surface area (Å²) in [4.78, 5) is 26.0. The van der Waals surface area contributed by atoms with Crippen LogP contribution in [0.1, 0.15) is 52.7 Å². The third-order valence-electron chi connectivity index (χ3n) is 6.52. The van der Waals surface area contributed by atoms with E-state index >= 15 is 0 Å². The molecule has 17 heteroatoms. The van der Waals surface area contributed by atoms with Crippen LogP contribution in [0.15, 0.2) is 117 Å². The van der Waals surface area contributed by atoms with Crippen LogP contribution in [0.4, 0.5) is 26.3 Å². The van der Waals surface area contributed by atoms with E-state index in [1.807, 2.05) is 63.2 Å². The molecule has 0 saturated heterocycles. The van der Waals surface area contributed by atoms with E-state index in [4.69, 9.17) is 18.9 Å². The molecule has 0 aliphatic heterocycles. The molecule has 9 nitrogen and oxygen atoms in total. The molecule has 4 rings (SSSR count). The van der Waals surface area contributed by atoms with Crippen molar-refractivity contribution in [2.75, 3.05) is 13.2 Å². The van der Waals surface area contributed by atoms with Gasteiger partial charge in [0.1, 0.15) is 38.0 Å². The number of rotatable bonds is 10. The molecule has 0 bridgehead atoms. The van der Waals surface area contributed by atoms with E-state index in [-0.39, 0.29) is 25.3 Å². The zero-order valence-corrected chi connectivity index (χ0v) is 32.0. The molecule has 0 unspecified atom stereocenters. The molecule has 55 heavy (non-hydrogen) atoms. The number of hydrogen-bond acceptors (Lipinski definition) is 9. The van der Waals surface area contributed by atoms with Crippen molar-refractivity contribution in [2.45, 2.75) is 84.7 Å². The highest BCUT2D eigenvalue weighted by Crippen LogP contribution is 2.40. The van der Waals surface area contributed by atoms with Gasteiger partial charge >= 0.3 is 24.3 Å². The fraction of sp³-hybridized carbons (Fsp3) is 0.316. The molecule has 4 aromatic carbocycles. The van der Waals surface area contributed by atoms with Crippen molar-refractivity contribution in [1.82, 2.24) is 0 Å². The van der Waals surface area contributed by atoms with Crippen LogP contribution in [0.25, 0.3) is 0 Å². The number of hydrogen-bond donors (Lipinski definition) is 0. The van der Waals surface area contributed by atoms with Gasteiger partial charge in [-0.05, 0) is 90.1 Å². The highest BCUT2D eigenvalue weighted by molar-refractivity contribution is 7.97. The largest absolute Gasteiger partial charge is 0.744 e. The maximum Gasteiger partial charge on any atom is 0.417 e. The third-order valence-corrected chi connectivity index (χ3v) is 9.68. The van der Waals surface area contributed by atoms with Crippen molar-refractivity contribution in [3.05, 3.63) is 108 Å². The van der Waals surface area contributed by atoms with Gasteiger partial charge in [0, 0.05) is 12.1 Å². The lowest BCUT2D eigenvalue weighted by molar-refractivity contribution is -0.158. The van der Waals surface area contributed by atoms with Crippen LogP contribution in [0.2, 0.25) is 0 Å². The van der Waals surface area contributed by atoms with Gasteiger partial charge in [-0.1, -0.05) is 36.4 Å². The van der Waals surface area contributed by atoms with Crippen LogP contribution >= 0.6 is 0 Å². The molecular weight excluding hydrogens is 779 g/mol.